The zero-order valence-corrected chi connectivity index (χ0v) is 6.98. The zero-order chi connectivity index (χ0) is 8.55. The van der Waals surface area contributed by atoms with Crippen LogP contribution in [-0.4, -0.2) is 21.5 Å². The molecule has 0 unspecified atom stereocenters. The van der Waals surface area contributed by atoms with Crippen molar-refractivity contribution in [3.05, 3.63) is 24.3 Å². The van der Waals surface area contributed by atoms with Gasteiger partial charge in [0.15, 0.2) is 5.65 Å². The molecule has 0 amide bonds. The van der Waals surface area contributed by atoms with Gasteiger partial charge in [-0.2, -0.15) is 0 Å². The highest BCUT2D eigenvalue weighted by Gasteiger charge is 2.04. The third kappa shape index (κ3) is 0.845. The van der Waals surface area contributed by atoms with Gasteiger partial charge in [0.05, 0.1) is 19.0 Å². The lowest BCUT2D eigenvalue weighted by Gasteiger charge is -2.05. The Bertz CT molecular complexity index is 408. The Morgan fingerprint density at radius 3 is 3.00 bits per heavy atom. The molecule has 2 rings (SSSR count). The second-order valence-corrected chi connectivity index (χ2v) is 2.51. The maximum atomic E-state index is 5.18. The first-order valence-electron chi connectivity index (χ1n) is 3.65. The lowest BCUT2D eigenvalue weighted by Crippen LogP contribution is -1.98. The molecule has 0 aromatic carbocycles. The Morgan fingerprint density at radius 1 is 1.42 bits per heavy atom. The molecule has 0 atom stereocenters. The zero-order valence-electron chi connectivity index (χ0n) is 6.98. The van der Waals surface area contributed by atoms with Crippen LogP contribution in [0.2, 0.25) is 0 Å². The lowest BCUT2D eigenvalue weighted by atomic mass is 10.5. The molecule has 0 saturated carbocycles. The van der Waals surface area contributed by atoms with Gasteiger partial charge in [-0.15, -0.1) is 0 Å². The highest BCUT2D eigenvalue weighted by molar-refractivity contribution is 5.40. The summed E-state index contributed by atoms with van der Waals surface area (Å²) in [5.74, 6) is 0.741. The second kappa shape index (κ2) is 2.48. The van der Waals surface area contributed by atoms with Crippen LogP contribution in [0.15, 0.2) is 18.6 Å². The van der Waals surface area contributed by atoms with Gasteiger partial charge in [-0.1, -0.05) is 0 Å². The van der Waals surface area contributed by atoms with E-state index in [1.54, 1.807) is 19.5 Å². The molecule has 2 aromatic rings. The number of methoxy groups -OCH3 is 1. The molecule has 0 fully saturated rings. The Balaban J connectivity index is 2.83. The van der Waals surface area contributed by atoms with Crippen molar-refractivity contribution < 1.29 is 4.74 Å². The van der Waals surface area contributed by atoms with E-state index < -0.39 is 0 Å². The molecule has 0 saturated heterocycles. The number of aromatic nitrogens is 3. The molecule has 12 heavy (non-hydrogen) atoms. The van der Waals surface area contributed by atoms with Gasteiger partial charge >= 0.3 is 0 Å². The fourth-order valence-electron chi connectivity index (χ4n) is 1.21. The molecule has 62 valence electrons. The minimum atomic E-state index is 0.741. The van der Waals surface area contributed by atoms with Crippen LogP contribution in [0.5, 0.6) is 5.88 Å². The van der Waals surface area contributed by atoms with Crippen LogP contribution in [-0.2, 0) is 0 Å². The summed E-state index contributed by atoms with van der Waals surface area (Å²) in [4.78, 5) is 8.23. The summed E-state index contributed by atoms with van der Waals surface area (Å²) in [5, 5.41) is 0. The topological polar surface area (TPSA) is 39.4 Å². The molecule has 0 spiro atoms. The minimum Gasteiger partial charge on any atom is -0.481 e. The van der Waals surface area contributed by atoms with E-state index in [0.717, 1.165) is 17.2 Å². The Labute approximate surface area is 69.8 Å². The van der Waals surface area contributed by atoms with Gasteiger partial charge in [0, 0.05) is 12.4 Å². The fourth-order valence-corrected chi connectivity index (χ4v) is 1.21. The molecule has 2 heterocycles. The standard InChI is InChI=1S/C8H9N3O/c1-6-8(12-2)11-4-3-9-7(11)5-10-6/h3-5H,1-2H3. The summed E-state index contributed by atoms with van der Waals surface area (Å²) in [5.41, 5.74) is 1.67. The van der Waals surface area contributed by atoms with Crippen molar-refractivity contribution >= 4 is 5.65 Å². The molecule has 0 radical (unpaired) electrons. The Morgan fingerprint density at radius 2 is 2.25 bits per heavy atom. The molecular weight excluding hydrogens is 154 g/mol. The van der Waals surface area contributed by atoms with Crippen molar-refractivity contribution in [3.63, 3.8) is 0 Å². The first-order chi connectivity index (χ1) is 5.83. The number of rotatable bonds is 1. The molecule has 4 heteroatoms. The number of hydrogen-bond acceptors (Lipinski definition) is 3. The van der Waals surface area contributed by atoms with Crippen LogP contribution >= 0.6 is 0 Å². The van der Waals surface area contributed by atoms with E-state index in [1.807, 2.05) is 17.5 Å². The van der Waals surface area contributed by atoms with Gasteiger partial charge in [0.1, 0.15) is 0 Å². The summed E-state index contributed by atoms with van der Waals surface area (Å²) in [6, 6.07) is 0. The summed E-state index contributed by atoms with van der Waals surface area (Å²) in [6.45, 7) is 1.90. The summed E-state index contributed by atoms with van der Waals surface area (Å²) in [6.07, 6.45) is 5.29. The number of ether oxygens (including phenoxy) is 1. The molecule has 0 aliphatic carbocycles. The van der Waals surface area contributed by atoms with E-state index >= 15 is 0 Å². The molecule has 0 N–H and O–H groups in total. The predicted molar refractivity (Wildman–Crippen MR) is 44.3 cm³/mol. The number of nitrogens with zero attached hydrogens (tertiary/aromatic N) is 3. The number of hydrogen-bond donors (Lipinski definition) is 0. The average molecular weight is 163 g/mol. The van der Waals surface area contributed by atoms with Crippen molar-refractivity contribution in [3.8, 4) is 5.88 Å². The lowest BCUT2D eigenvalue weighted by molar-refractivity contribution is 0.386. The van der Waals surface area contributed by atoms with E-state index in [4.69, 9.17) is 4.74 Å². The van der Waals surface area contributed by atoms with Crippen LogP contribution in [0, 0.1) is 6.92 Å². The summed E-state index contributed by atoms with van der Waals surface area (Å²) in [7, 11) is 1.63. The van der Waals surface area contributed by atoms with Crippen molar-refractivity contribution in [2.75, 3.05) is 7.11 Å². The van der Waals surface area contributed by atoms with E-state index in [9.17, 15) is 0 Å². The third-order valence-corrected chi connectivity index (χ3v) is 1.76. The van der Waals surface area contributed by atoms with Crippen molar-refractivity contribution in [1.29, 1.82) is 0 Å². The largest absolute Gasteiger partial charge is 0.481 e. The summed E-state index contributed by atoms with van der Waals surface area (Å²) >= 11 is 0. The number of fused-ring (bicyclic) bond motifs is 1. The van der Waals surface area contributed by atoms with Gasteiger partial charge < -0.3 is 4.74 Å². The highest BCUT2D eigenvalue weighted by Crippen LogP contribution is 2.15. The maximum Gasteiger partial charge on any atom is 0.221 e. The smallest absolute Gasteiger partial charge is 0.221 e. The maximum absolute atomic E-state index is 5.18. The van der Waals surface area contributed by atoms with E-state index in [2.05, 4.69) is 9.97 Å². The van der Waals surface area contributed by atoms with Crippen molar-refractivity contribution in [2.24, 2.45) is 0 Å². The minimum absolute atomic E-state index is 0.741. The van der Waals surface area contributed by atoms with Gasteiger partial charge in [0.25, 0.3) is 0 Å². The Hall–Kier alpha value is -1.58. The third-order valence-electron chi connectivity index (χ3n) is 1.76. The first-order valence-corrected chi connectivity index (χ1v) is 3.65. The van der Waals surface area contributed by atoms with Gasteiger partial charge in [-0.25, -0.2) is 4.98 Å². The fraction of sp³-hybridized carbons (Fsp3) is 0.250. The van der Waals surface area contributed by atoms with Gasteiger partial charge in [-0.05, 0) is 6.92 Å². The van der Waals surface area contributed by atoms with E-state index in [1.165, 1.54) is 0 Å². The van der Waals surface area contributed by atoms with Gasteiger partial charge in [-0.3, -0.25) is 9.38 Å². The summed E-state index contributed by atoms with van der Waals surface area (Å²) < 4.78 is 7.04. The van der Waals surface area contributed by atoms with Gasteiger partial charge in [0.2, 0.25) is 5.88 Å². The average Bonchev–Trinajstić information content (AvgIpc) is 2.52. The predicted octanol–water partition coefficient (Wildman–Crippen LogP) is 1.05. The van der Waals surface area contributed by atoms with E-state index in [0.29, 0.717) is 0 Å². The number of aryl methyl sites for hydroxylation is 1. The van der Waals surface area contributed by atoms with Crippen LogP contribution in [0.25, 0.3) is 5.65 Å². The molecule has 2 aromatic heterocycles. The monoisotopic (exact) mass is 163 g/mol. The molecule has 0 aliphatic rings. The second-order valence-electron chi connectivity index (χ2n) is 2.51. The first kappa shape index (κ1) is 7.09. The van der Waals surface area contributed by atoms with Crippen molar-refractivity contribution in [1.82, 2.24) is 14.4 Å². The normalized spacial score (nSPS) is 10.5. The molecule has 0 bridgehead atoms. The Kier molecular flexibility index (Phi) is 1.46. The van der Waals surface area contributed by atoms with Crippen LogP contribution in [0.3, 0.4) is 0 Å². The van der Waals surface area contributed by atoms with E-state index in [-0.39, 0.29) is 0 Å². The molecule has 4 nitrogen and oxygen atoms in total. The van der Waals surface area contributed by atoms with Crippen molar-refractivity contribution in [2.45, 2.75) is 6.92 Å². The SMILES string of the molecule is COc1c(C)ncc2nccn12. The highest BCUT2D eigenvalue weighted by atomic mass is 16.5. The molecular formula is C8H9N3O. The van der Waals surface area contributed by atoms with Crippen LogP contribution in [0.1, 0.15) is 5.69 Å². The van der Waals surface area contributed by atoms with Crippen LogP contribution in [0.4, 0.5) is 0 Å². The van der Waals surface area contributed by atoms with Crippen LogP contribution < -0.4 is 4.74 Å². The number of imidazole rings is 1. The molecule has 0 aliphatic heterocycles. The quantitative estimate of drug-likeness (QED) is 0.630.